The van der Waals surface area contributed by atoms with Crippen molar-refractivity contribution < 1.29 is 9.53 Å². The zero-order valence-corrected chi connectivity index (χ0v) is 13.9. The molecule has 0 aromatic heterocycles. The lowest BCUT2D eigenvalue weighted by Gasteiger charge is -2.39. The van der Waals surface area contributed by atoms with Crippen molar-refractivity contribution in [2.45, 2.75) is 45.6 Å². The van der Waals surface area contributed by atoms with Crippen LogP contribution >= 0.6 is 15.9 Å². The third-order valence-electron chi connectivity index (χ3n) is 4.23. The molecule has 1 aliphatic carbocycles. The number of hydrogen-bond acceptors (Lipinski definition) is 2. The van der Waals surface area contributed by atoms with Gasteiger partial charge in [0.2, 0.25) is 0 Å². The number of rotatable bonds is 3. The van der Waals surface area contributed by atoms with Crippen LogP contribution in [-0.4, -0.2) is 19.1 Å². The van der Waals surface area contributed by atoms with Gasteiger partial charge in [-0.25, -0.2) is 0 Å². The van der Waals surface area contributed by atoms with Crippen LogP contribution in [0, 0.1) is 5.41 Å². The fourth-order valence-corrected chi connectivity index (χ4v) is 3.23. The van der Waals surface area contributed by atoms with Gasteiger partial charge in [0, 0.05) is 10.5 Å². The number of hydrogen-bond donors (Lipinski definition) is 1. The first-order valence-electron chi connectivity index (χ1n) is 7.08. The summed E-state index contributed by atoms with van der Waals surface area (Å²) >= 11 is 3.44. The minimum Gasteiger partial charge on any atom is -0.497 e. The molecule has 1 aromatic rings. The quantitative estimate of drug-likeness (QED) is 0.897. The molecule has 2 rings (SSSR count). The van der Waals surface area contributed by atoms with Gasteiger partial charge in [0.25, 0.3) is 5.91 Å². The minimum absolute atomic E-state index is 0.0317. The van der Waals surface area contributed by atoms with Gasteiger partial charge >= 0.3 is 0 Å². The Hall–Kier alpha value is -1.03. The summed E-state index contributed by atoms with van der Waals surface area (Å²) in [7, 11) is 1.61. The predicted molar refractivity (Wildman–Crippen MR) is 84.2 cm³/mol. The number of halogens is 1. The summed E-state index contributed by atoms with van der Waals surface area (Å²) in [6.45, 7) is 4.47. The first kappa shape index (κ1) is 15.4. The van der Waals surface area contributed by atoms with Crippen LogP contribution in [0.5, 0.6) is 5.75 Å². The molecule has 20 heavy (non-hydrogen) atoms. The molecule has 1 fully saturated rings. The van der Waals surface area contributed by atoms with Crippen molar-refractivity contribution in [1.82, 2.24) is 5.32 Å². The Bertz CT molecular complexity index is 499. The standard InChI is InChI=1S/C16H22BrNO2/c1-16(2)9-5-4-6-14(16)18-15(19)12-10-11(20-3)7-8-13(12)17/h7-8,10,14H,4-6,9H2,1-3H3,(H,18,19). The Balaban J connectivity index is 2.15. The van der Waals surface area contributed by atoms with Crippen LogP contribution in [0.25, 0.3) is 0 Å². The van der Waals surface area contributed by atoms with E-state index in [4.69, 9.17) is 4.74 Å². The molecule has 1 unspecified atom stereocenters. The van der Waals surface area contributed by atoms with Crippen LogP contribution in [0.2, 0.25) is 0 Å². The monoisotopic (exact) mass is 339 g/mol. The van der Waals surface area contributed by atoms with Crippen LogP contribution in [-0.2, 0) is 0 Å². The lowest BCUT2D eigenvalue weighted by atomic mass is 9.73. The molecule has 1 amide bonds. The van der Waals surface area contributed by atoms with Gasteiger partial charge in [-0.05, 0) is 52.4 Å². The van der Waals surface area contributed by atoms with Gasteiger partial charge in [0.15, 0.2) is 0 Å². The molecule has 0 heterocycles. The Kier molecular flexibility index (Phi) is 4.74. The molecule has 0 saturated heterocycles. The molecule has 0 spiro atoms. The minimum atomic E-state index is -0.0317. The highest BCUT2D eigenvalue weighted by molar-refractivity contribution is 9.10. The molecular weight excluding hydrogens is 318 g/mol. The second kappa shape index (κ2) is 6.17. The number of amides is 1. The molecule has 1 aromatic carbocycles. The number of methoxy groups -OCH3 is 1. The van der Waals surface area contributed by atoms with Gasteiger partial charge < -0.3 is 10.1 Å². The summed E-state index contributed by atoms with van der Waals surface area (Å²) in [5, 5.41) is 3.19. The van der Waals surface area contributed by atoms with E-state index in [2.05, 4.69) is 35.1 Å². The summed E-state index contributed by atoms with van der Waals surface area (Å²) in [5.74, 6) is 0.664. The van der Waals surface area contributed by atoms with Crippen LogP contribution in [0.3, 0.4) is 0 Å². The molecule has 1 aliphatic rings. The van der Waals surface area contributed by atoms with Crippen molar-refractivity contribution in [3.63, 3.8) is 0 Å². The highest BCUT2D eigenvalue weighted by Gasteiger charge is 2.33. The SMILES string of the molecule is COc1ccc(Br)c(C(=O)NC2CCCCC2(C)C)c1. The third kappa shape index (κ3) is 3.35. The number of carbonyl (C=O) groups excluding carboxylic acids is 1. The second-order valence-electron chi connectivity index (χ2n) is 6.11. The number of ether oxygens (including phenoxy) is 1. The largest absolute Gasteiger partial charge is 0.497 e. The van der Waals surface area contributed by atoms with E-state index < -0.39 is 0 Å². The van der Waals surface area contributed by atoms with E-state index >= 15 is 0 Å². The zero-order valence-electron chi connectivity index (χ0n) is 12.3. The fourth-order valence-electron chi connectivity index (χ4n) is 2.80. The molecule has 0 aliphatic heterocycles. The number of carbonyl (C=O) groups is 1. The Labute approximate surface area is 129 Å². The molecular formula is C16H22BrNO2. The Morgan fingerprint density at radius 1 is 1.40 bits per heavy atom. The molecule has 4 heteroatoms. The van der Waals surface area contributed by atoms with Crippen molar-refractivity contribution in [2.75, 3.05) is 7.11 Å². The first-order valence-corrected chi connectivity index (χ1v) is 7.88. The van der Waals surface area contributed by atoms with Gasteiger partial charge in [0.05, 0.1) is 12.7 Å². The fraction of sp³-hybridized carbons (Fsp3) is 0.562. The van der Waals surface area contributed by atoms with Crippen molar-refractivity contribution >= 4 is 21.8 Å². The first-order chi connectivity index (χ1) is 9.44. The lowest BCUT2D eigenvalue weighted by Crippen LogP contribution is -2.46. The lowest BCUT2D eigenvalue weighted by molar-refractivity contribution is 0.0852. The van der Waals surface area contributed by atoms with Crippen LogP contribution in [0.1, 0.15) is 49.9 Å². The molecule has 3 nitrogen and oxygen atoms in total. The normalized spacial score (nSPS) is 21.3. The summed E-state index contributed by atoms with van der Waals surface area (Å²) in [4.78, 5) is 12.5. The predicted octanol–water partition coefficient (Wildman–Crippen LogP) is 4.16. The summed E-state index contributed by atoms with van der Waals surface area (Å²) in [5.41, 5.74) is 0.796. The van der Waals surface area contributed by atoms with Crippen LogP contribution < -0.4 is 10.1 Å². The van der Waals surface area contributed by atoms with Gasteiger partial charge in [-0.2, -0.15) is 0 Å². The van der Waals surface area contributed by atoms with Crippen molar-refractivity contribution in [2.24, 2.45) is 5.41 Å². The summed E-state index contributed by atoms with van der Waals surface area (Å²) in [6.07, 6.45) is 4.66. The van der Waals surface area contributed by atoms with E-state index in [9.17, 15) is 4.79 Å². The van der Waals surface area contributed by atoms with E-state index in [1.54, 1.807) is 13.2 Å². The van der Waals surface area contributed by atoms with Crippen molar-refractivity contribution in [3.8, 4) is 5.75 Å². The molecule has 110 valence electrons. The highest BCUT2D eigenvalue weighted by atomic mass is 79.9. The van der Waals surface area contributed by atoms with Crippen LogP contribution in [0.15, 0.2) is 22.7 Å². The summed E-state index contributed by atoms with van der Waals surface area (Å²) < 4.78 is 5.99. The molecule has 1 atom stereocenters. The van der Waals surface area contributed by atoms with E-state index in [-0.39, 0.29) is 17.4 Å². The van der Waals surface area contributed by atoms with Gasteiger partial charge in [-0.3, -0.25) is 4.79 Å². The maximum atomic E-state index is 12.5. The Morgan fingerprint density at radius 2 is 2.15 bits per heavy atom. The number of nitrogens with one attached hydrogen (secondary N) is 1. The smallest absolute Gasteiger partial charge is 0.252 e. The van der Waals surface area contributed by atoms with E-state index in [1.807, 2.05) is 12.1 Å². The maximum absolute atomic E-state index is 12.5. The van der Waals surface area contributed by atoms with Gasteiger partial charge in [-0.15, -0.1) is 0 Å². The Morgan fingerprint density at radius 3 is 2.80 bits per heavy atom. The van der Waals surface area contributed by atoms with Gasteiger partial charge in [-0.1, -0.05) is 26.7 Å². The topological polar surface area (TPSA) is 38.3 Å². The number of benzene rings is 1. The second-order valence-corrected chi connectivity index (χ2v) is 6.96. The van der Waals surface area contributed by atoms with Crippen LogP contribution in [0.4, 0.5) is 0 Å². The van der Waals surface area contributed by atoms with E-state index in [1.165, 1.54) is 12.8 Å². The van der Waals surface area contributed by atoms with Crippen molar-refractivity contribution in [3.05, 3.63) is 28.2 Å². The summed E-state index contributed by atoms with van der Waals surface area (Å²) in [6, 6.07) is 5.70. The van der Waals surface area contributed by atoms with E-state index in [0.29, 0.717) is 11.3 Å². The van der Waals surface area contributed by atoms with Crippen molar-refractivity contribution in [1.29, 1.82) is 0 Å². The average Bonchev–Trinajstić information content (AvgIpc) is 2.41. The molecule has 1 saturated carbocycles. The molecule has 0 radical (unpaired) electrons. The average molecular weight is 340 g/mol. The van der Waals surface area contributed by atoms with Gasteiger partial charge in [0.1, 0.15) is 5.75 Å². The molecule has 0 bridgehead atoms. The molecule has 1 N–H and O–H groups in total. The maximum Gasteiger partial charge on any atom is 0.252 e. The highest BCUT2D eigenvalue weighted by Crippen LogP contribution is 2.35. The third-order valence-corrected chi connectivity index (χ3v) is 4.92. The van der Waals surface area contributed by atoms with E-state index in [0.717, 1.165) is 17.3 Å². The zero-order chi connectivity index (χ0) is 14.8.